The van der Waals surface area contributed by atoms with Gasteiger partial charge in [0.05, 0.1) is 21.8 Å². The number of hydrogen-bond acceptors (Lipinski definition) is 4. The van der Waals surface area contributed by atoms with E-state index in [1.54, 1.807) is 0 Å². The molecule has 108 valence electrons. The molecule has 1 heterocycles. The van der Waals surface area contributed by atoms with Gasteiger partial charge in [0.15, 0.2) is 0 Å². The molecule has 2 atom stereocenters. The maximum Gasteiger partial charge on any atom is 0.120 e. The summed E-state index contributed by atoms with van der Waals surface area (Å²) in [5.41, 5.74) is 7.04. The molecule has 1 saturated carbocycles. The summed E-state index contributed by atoms with van der Waals surface area (Å²) >= 11 is 1.82. The van der Waals surface area contributed by atoms with Crippen molar-refractivity contribution >= 4 is 21.6 Å². The predicted molar refractivity (Wildman–Crippen MR) is 84.5 cm³/mol. The van der Waals surface area contributed by atoms with Crippen LogP contribution in [0.2, 0.25) is 0 Å². The highest BCUT2D eigenvalue weighted by Crippen LogP contribution is 2.40. The second-order valence-electron chi connectivity index (χ2n) is 5.50. The van der Waals surface area contributed by atoms with Gasteiger partial charge in [-0.3, -0.25) is 0 Å². The summed E-state index contributed by atoms with van der Waals surface area (Å²) in [5.74, 6) is 2.10. The lowest BCUT2D eigenvalue weighted by atomic mass is 9.79. The Kier molecular flexibility index (Phi) is 4.22. The van der Waals surface area contributed by atoms with Crippen LogP contribution in [0, 0.1) is 5.92 Å². The van der Waals surface area contributed by atoms with Crippen LogP contribution in [0.5, 0.6) is 5.75 Å². The number of benzene rings is 1. The number of nitrogens with two attached hydrogens (primary N) is 1. The predicted octanol–water partition coefficient (Wildman–Crippen LogP) is 3.93. The summed E-state index contributed by atoms with van der Waals surface area (Å²) in [6, 6.07) is 6.19. The average molecular weight is 290 g/mol. The molecule has 2 unspecified atom stereocenters. The summed E-state index contributed by atoms with van der Waals surface area (Å²) in [4.78, 5) is 4.84. The minimum Gasteiger partial charge on any atom is -0.494 e. The van der Waals surface area contributed by atoms with Crippen LogP contribution in [0.3, 0.4) is 0 Å². The van der Waals surface area contributed by atoms with E-state index in [2.05, 4.69) is 12.1 Å². The first-order valence-corrected chi connectivity index (χ1v) is 8.36. The summed E-state index contributed by atoms with van der Waals surface area (Å²) in [7, 11) is 0. The van der Waals surface area contributed by atoms with Crippen LogP contribution in [0.4, 0.5) is 0 Å². The molecule has 3 nitrogen and oxygen atoms in total. The zero-order valence-corrected chi connectivity index (χ0v) is 12.8. The smallest absolute Gasteiger partial charge is 0.120 e. The third kappa shape index (κ3) is 2.67. The highest BCUT2D eigenvalue weighted by Gasteiger charge is 2.27. The second kappa shape index (κ2) is 6.10. The molecule has 0 radical (unpaired) electrons. The third-order valence-electron chi connectivity index (χ3n) is 4.22. The molecule has 2 N–H and O–H groups in total. The van der Waals surface area contributed by atoms with E-state index in [-0.39, 0.29) is 0 Å². The van der Waals surface area contributed by atoms with Crippen LogP contribution < -0.4 is 10.5 Å². The van der Waals surface area contributed by atoms with Crippen LogP contribution in [0.1, 0.15) is 43.5 Å². The van der Waals surface area contributed by atoms with Crippen LogP contribution in [-0.4, -0.2) is 18.1 Å². The highest BCUT2D eigenvalue weighted by molar-refractivity contribution is 7.18. The zero-order valence-electron chi connectivity index (χ0n) is 12.0. The van der Waals surface area contributed by atoms with Gasteiger partial charge in [0.1, 0.15) is 5.75 Å². The van der Waals surface area contributed by atoms with E-state index in [9.17, 15) is 0 Å². The molecule has 0 bridgehead atoms. The van der Waals surface area contributed by atoms with Crippen molar-refractivity contribution in [3.63, 3.8) is 0 Å². The number of hydrogen-bond donors (Lipinski definition) is 1. The quantitative estimate of drug-likeness (QED) is 0.928. The van der Waals surface area contributed by atoms with E-state index < -0.39 is 0 Å². The Morgan fingerprint density at radius 2 is 2.20 bits per heavy atom. The molecule has 2 aromatic rings. The van der Waals surface area contributed by atoms with Gasteiger partial charge in [0.2, 0.25) is 0 Å². The maximum atomic E-state index is 5.95. The molecule has 1 fully saturated rings. The number of fused-ring (bicyclic) bond motifs is 1. The number of thiazole rings is 1. The molecule has 0 aliphatic heterocycles. The normalized spacial score (nSPS) is 23.1. The lowest BCUT2D eigenvalue weighted by molar-refractivity contribution is 0.314. The Bertz CT molecular complexity index is 581. The van der Waals surface area contributed by atoms with Gasteiger partial charge >= 0.3 is 0 Å². The molecule has 1 aromatic heterocycles. The van der Waals surface area contributed by atoms with Crippen LogP contribution in [-0.2, 0) is 0 Å². The van der Waals surface area contributed by atoms with Crippen molar-refractivity contribution in [2.75, 3.05) is 13.2 Å². The van der Waals surface area contributed by atoms with Crippen LogP contribution in [0.15, 0.2) is 18.2 Å². The van der Waals surface area contributed by atoms with E-state index in [0.717, 1.165) is 17.8 Å². The van der Waals surface area contributed by atoms with Crippen molar-refractivity contribution in [2.24, 2.45) is 11.7 Å². The highest BCUT2D eigenvalue weighted by atomic mass is 32.1. The largest absolute Gasteiger partial charge is 0.494 e. The summed E-state index contributed by atoms with van der Waals surface area (Å²) in [6.45, 7) is 3.50. The minimum atomic E-state index is 0.557. The standard InChI is InChI=1S/C16H22N2OS/c1-2-19-12-7-8-14-15(9-12)20-16(18-14)13-6-4-3-5-11(13)10-17/h7-9,11,13H,2-6,10,17H2,1H3. The molecule has 0 spiro atoms. The Hall–Kier alpha value is -1.13. The summed E-state index contributed by atoms with van der Waals surface area (Å²) < 4.78 is 6.80. The summed E-state index contributed by atoms with van der Waals surface area (Å²) in [6.07, 6.45) is 5.11. The molecule has 0 saturated heterocycles. The van der Waals surface area contributed by atoms with Gasteiger partial charge < -0.3 is 10.5 Å². The van der Waals surface area contributed by atoms with E-state index in [0.29, 0.717) is 18.4 Å². The molecular weight excluding hydrogens is 268 g/mol. The molecule has 1 aliphatic carbocycles. The van der Waals surface area contributed by atoms with Gasteiger partial charge in [-0.2, -0.15) is 0 Å². The monoisotopic (exact) mass is 290 g/mol. The lowest BCUT2D eigenvalue weighted by Crippen LogP contribution is -2.25. The van der Waals surface area contributed by atoms with Gasteiger partial charge in [0, 0.05) is 5.92 Å². The first-order chi connectivity index (χ1) is 9.81. The van der Waals surface area contributed by atoms with Crippen molar-refractivity contribution in [1.82, 2.24) is 4.98 Å². The Balaban J connectivity index is 1.91. The van der Waals surface area contributed by atoms with Crippen LogP contribution in [0.25, 0.3) is 10.2 Å². The van der Waals surface area contributed by atoms with E-state index in [1.807, 2.05) is 24.3 Å². The van der Waals surface area contributed by atoms with Crippen molar-refractivity contribution in [3.05, 3.63) is 23.2 Å². The summed E-state index contributed by atoms with van der Waals surface area (Å²) in [5, 5.41) is 1.27. The Labute approximate surface area is 124 Å². The topological polar surface area (TPSA) is 48.1 Å². The van der Waals surface area contributed by atoms with Gasteiger partial charge in [-0.15, -0.1) is 11.3 Å². The fourth-order valence-corrected chi connectivity index (χ4v) is 4.38. The fraction of sp³-hybridized carbons (Fsp3) is 0.562. The first-order valence-electron chi connectivity index (χ1n) is 7.55. The lowest BCUT2D eigenvalue weighted by Gasteiger charge is -2.28. The molecule has 4 heteroatoms. The molecule has 0 amide bonds. The molecule has 3 rings (SSSR count). The number of nitrogens with zero attached hydrogens (tertiary/aromatic N) is 1. The average Bonchev–Trinajstić information content (AvgIpc) is 2.90. The number of ether oxygens (including phenoxy) is 1. The maximum absolute atomic E-state index is 5.95. The fourth-order valence-electron chi connectivity index (χ4n) is 3.15. The third-order valence-corrected chi connectivity index (χ3v) is 5.37. The van der Waals surface area contributed by atoms with Gasteiger partial charge in [-0.1, -0.05) is 12.8 Å². The van der Waals surface area contributed by atoms with Crippen LogP contribution >= 0.6 is 11.3 Å². The number of aromatic nitrogens is 1. The molecule has 1 aromatic carbocycles. The Morgan fingerprint density at radius 1 is 1.35 bits per heavy atom. The van der Waals surface area contributed by atoms with Crippen molar-refractivity contribution in [1.29, 1.82) is 0 Å². The molecule has 20 heavy (non-hydrogen) atoms. The zero-order chi connectivity index (χ0) is 13.9. The van der Waals surface area contributed by atoms with E-state index in [4.69, 9.17) is 15.5 Å². The van der Waals surface area contributed by atoms with Gasteiger partial charge in [0.25, 0.3) is 0 Å². The van der Waals surface area contributed by atoms with Gasteiger partial charge in [-0.25, -0.2) is 4.98 Å². The Morgan fingerprint density at radius 3 is 3.00 bits per heavy atom. The molecule has 1 aliphatic rings. The van der Waals surface area contributed by atoms with Crippen molar-refractivity contribution in [3.8, 4) is 5.75 Å². The SMILES string of the molecule is CCOc1ccc2nc(C3CCCCC3CN)sc2c1. The second-order valence-corrected chi connectivity index (χ2v) is 6.56. The molecular formula is C16H22N2OS. The first kappa shape index (κ1) is 13.8. The minimum absolute atomic E-state index is 0.557. The van der Waals surface area contributed by atoms with Crippen molar-refractivity contribution in [2.45, 2.75) is 38.5 Å². The van der Waals surface area contributed by atoms with E-state index >= 15 is 0 Å². The van der Waals surface area contributed by atoms with E-state index in [1.165, 1.54) is 35.4 Å². The van der Waals surface area contributed by atoms with Gasteiger partial charge in [-0.05, 0) is 50.4 Å². The van der Waals surface area contributed by atoms with Crippen molar-refractivity contribution < 1.29 is 4.74 Å². The number of rotatable bonds is 4.